The van der Waals surface area contributed by atoms with Crippen molar-refractivity contribution in [1.29, 1.82) is 0 Å². The van der Waals surface area contributed by atoms with E-state index in [1.807, 2.05) is 0 Å². The molecule has 2 N–H and O–H groups in total. The highest BCUT2D eigenvalue weighted by atomic mass is 35.5. The molecule has 0 aliphatic rings. The number of hydrogen-bond acceptors (Lipinski definition) is 2. The standard InChI is InChI=1S/C11H14Cl2O2/c1-7(14)11(15)5-2-8-6-9(12)3-4-10(8)13/h3-4,6-7,11,14-15H,2,5H2,1H3. The van der Waals surface area contributed by atoms with Gasteiger partial charge in [-0.3, -0.25) is 0 Å². The quantitative estimate of drug-likeness (QED) is 0.861. The molecule has 1 aromatic rings. The van der Waals surface area contributed by atoms with Crippen LogP contribution in [0.25, 0.3) is 0 Å². The lowest BCUT2D eigenvalue weighted by atomic mass is 10.0. The zero-order valence-corrected chi connectivity index (χ0v) is 9.96. The number of aryl methyl sites for hydroxylation is 1. The number of hydrogen-bond donors (Lipinski definition) is 2. The molecule has 1 rings (SSSR count). The Morgan fingerprint density at radius 3 is 2.53 bits per heavy atom. The van der Waals surface area contributed by atoms with Crippen LogP contribution in [-0.2, 0) is 6.42 Å². The molecule has 0 radical (unpaired) electrons. The maximum Gasteiger partial charge on any atom is 0.0799 e. The monoisotopic (exact) mass is 248 g/mol. The van der Waals surface area contributed by atoms with Crippen molar-refractivity contribution in [2.24, 2.45) is 0 Å². The van der Waals surface area contributed by atoms with E-state index in [0.717, 1.165) is 5.56 Å². The fourth-order valence-electron chi connectivity index (χ4n) is 1.28. The molecule has 1 aromatic carbocycles. The summed E-state index contributed by atoms with van der Waals surface area (Å²) in [6.45, 7) is 1.56. The highest BCUT2D eigenvalue weighted by molar-refractivity contribution is 6.33. The second kappa shape index (κ2) is 5.71. The lowest BCUT2D eigenvalue weighted by Crippen LogP contribution is -2.22. The maximum atomic E-state index is 9.42. The topological polar surface area (TPSA) is 40.5 Å². The fraction of sp³-hybridized carbons (Fsp3) is 0.455. The van der Waals surface area contributed by atoms with E-state index in [-0.39, 0.29) is 0 Å². The summed E-state index contributed by atoms with van der Waals surface area (Å²) in [7, 11) is 0. The molecule has 0 aliphatic heterocycles. The van der Waals surface area contributed by atoms with Crippen molar-refractivity contribution >= 4 is 23.2 Å². The van der Waals surface area contributed by atoms with Crippen LogP contribution in [0.1, 0.15) is 18.9 Å². The van der Waals surface area contributed by atoms with E-state index < -0.39 is 12.2 Å². The highest BCUT2D eigenvalue weighted by Crippen LogP contribution is 2.22. The first kappa shape index (κ1) is 12.8. The predicted molar refractivity (Wildman–Crippen MR) is 62.5 cm³/mol. The van der Waals surface area contributed by atoms with Gasteiger partial charge in [-0.25, -0.2) is 0 Å². The fourth-order valence-corrected chi connectivity index (χ4v) is 1.69. The first-order chi connectivity index (χ1) is 7.00. The van der Waals surface area contributed by atoms with E-state index >= 15 is 0 Å². The van der Waals surface area contributed by atoms with Gasteiger partial charge in [0.15, 0.2) is 0 Å². The normalized spacial score (nSPS) is 15.0. The van der Waals surface area contributed by atoms with Gasteiger partial charge in [-0.1, -0.05) is 23.2 Å². The summed E-state index contributed by atoms with van der Waals surface area (Å²) >= 11 is 11.8. The molecule has 0 saturated heterocycles. The van der Waals surface area contributed by atoms with Gasteiger partial charge in [0.1, 0.15) is 0 Å². The Bertz CT molecular complexity index is 326. The minimum Gasteiger partial charge on any atom is -0.391 e. The summed E-state index contributed by atoms with van der Waals surface area (Å²) < 4.78 is 0. The molecule has 0 saturated carbocycles. The van der Waals surface area contributed by atoms with Crippen LogP contribution in [0, 0.1) is 0 Å². The molecule has 2 unspecified atom stereocenters. The maximum absolute atomic E-state index is 9.42. The van der Waals surface area contributed by atoms with Crippen molar-refractivity contribution in [1.82, 2.24) is 0 Å². The van der Waals surface area contributed by atoms with Crippen molar-refractivity contribution in [2.45, 2.75) is 32.0 Å². The van der Waals surface area contributed by atoms with E-state index in [9.17, 15) is 5.11 Å². The van der Waals surface area contributed by atoms with Crippen molar-refractivity contribution in [3.05, 3.63) is 33.8 Å². The summed E-state index contributed by atoms with van der Waals surface area (Å²) in [5.74, 6) is 0. The van der Waals surface area contributed by atoms with Crippen molar-refractivity contribution < 1.29 is 10.2 Å². The van der Waals surface area contributed by atoms with E-state index in [1.54, 1.807) is 25.1 Å². The lowest BCUT2D eigenvalue weighted by Gasteiger charge is -2.13. The molecular weight excluding hydrogens is 235 g/mol. The lowest BCUT2D eigenvalue weighted by molar-refractivity contribution is 0.0265. The Morgan fingerprint density at radius 1 is 1.27 bits per heavy atom. The molecule has 4 heteroatoms. The third-order valence-corrected chi connectivity index (χ3v) is 2.88. The van der Waals surface area contributed by atoms with E-state index in [4.69, 9.17) is 28.3 Å². The van der Waals surface area contributed by atoms with Crippen LogP contribution < -0.4 is 0 Å². The molecule has 84 valence electrons. The summed E-state index contributed by atoms with van der Waals surface area (Å²) in [5.41, 5.74) is 0.892. The van der Waals surface area contributed by atoms with Gasteiger partial charge in [0.05, 0.1) is 12.2 Å². The van der Waals surface area contributed by atoms with Crippen LogP contribution in [0.3, 0.4) is 0 Å². The number of aliphatic hydroxyl groups excluding tert-OH is 2. The zero-order valence-electron chi connectivity index (χ0n) is 8.45. The Morgan fingerprint density at radius 2 is 1.93 bits per heavy atom. The molecule has 0 aromatic heterocycles. The average molecular weight is 249 g/mol. The first-order valence-electron chi connectivity index (χ1n) is 4.80. The third-order valence-electron chi connectivity index (χ3n) is 2.27. The SMILES string of the molecule is CC(O)C(O)CCc1cc(Cl)ccc1Cl. The Balaban J connectivity index is 2.61. The minimum absolute atomic E-state index is 0.470. The van der Waals surface area contributed by atoms with Gasteiger partial charge >= 0.3 is 0 Å². The zero-order chi connectivity index (χ0) is 11.4. The number of rotatable bonds is 4. The van der Waals surface area contributed by atoms with Crippen LogP contribution in [-0.4, -0.2) is 22.4 Å². The van der Waals surface area contributed by atoms with Gasteiger partial charge in [-0.05, 0) is 43.5 Å². The van der Waals surface area contributed by atoms with Crippen LogP contribution in [0.5, 0.6) is 0 Å². The third kappa shape index (κ3) is 3.99. The van der Waals surface area contributed by atoms with Crippen LogP contribution in [0.4, 0.5) is 0 Å². The number of halogens is 2. The number of benzene rings is 1. The Kier molecular flexibility index (Phi) is 4.87. The van der Waals surface area contributed by atoms with Crippen LogP contribution in [0.2, 0.25) is 10.0 Å². The summed E-state index contributed by atoms with van der Waals surface area (Å²) in [6, 6.07) is 5.23. The van der Waals surface area contributed by atoms with Gasteiger partial charge in [0.25, 0.3) is 0 Å². The highest BCUT2D eigenvalue weighted by Gasteiger charge is 2.11. The summed E-state index contributed by atoms with van der Waals surface area (Å²) in [4.78, 5) is 0. The van der Waals surface area contributed by atoms with Crippen molar-refractivity contribution in [3.63, 3.8) is 0 Å². The second-order valence-corrected chi connectivity index (χ2v) is 4.43. The second-order valence-electron chi connectivity index (χ2n) is 3.58. The largest absolute Gasteiger partial charge is 0.391 e. The smallest absolute Gasteiger partial charge is 0.0799 e. The molecule has 2 atom stereocenters. The molecule has 15 heavy (non-hydrogen) atoms. The van der Waals surface area contributed by atoms with E-state index in [1.165, 1.54) is 0 Å². The van der Waals surface area contributed by atoms with Gasteiger partial charge in [0.2, 0.25) is 0 Å². The number of aliphatic hydroxyl groups is 2. The van der Waals surface area contributed by atoms with E-state index in [2.05, 4.69) is 0 Å². The summed E-state index contributed by atoms with van der Waals surface area (Å²) in [5, 5.41) is 19.8. The molecule has 0 heterocycles. The molecule has 2 nitrogen and oxygen atoms in total. The molecule has 0 aliphatic carbocycles. The molecule has 0 bridgehead atoms. The molecule has 0 spiro atoms. The Labute approximate surface area is 99.5 Å². The molecule has 0 amide bonds. The summed E-state index contributed by atoms with van der Waals surface area (Å²) in [6.07, 6.45) is -0.369. The van der Waals surface area contributed by atoms with Gasteiger partial charge in [-0.2, -0.15) is 0 Å². The minimum atomic E-state index is -0.722. The van der Waals surface area contributed by atoms with Crippen molar-refractivity contribution in [3.8, 4) is 0 Å². The molecule has 0 fully saturated rings. The van der Waals surface area contributed by atoms with Crippen LogP contribution >= 0.6 is 23.2 Å². The van der Waals surface area contributed by atoms with Gasteiger partial charge in [-0.15, -0.1) is 0 Å². The average Bonchev–Trinajstić information content (AvgIpc) is 2.18. The Hall–Kier alpha value is -0.280. The van der Waals surface area contributed by atoms with E-state index in [0.29, 0.717) is 22.9 Å². The van der Waals surface area contributed by atoms with Crippen molar-refractivity contribution in [2.75, 3.05) is 0 Å². The molecular formula is C11H14Cl2O2. The van der Waals surface area contributed by atoms with Gasteiger partial charge in [0, 0.05) is 10.0 Å². The predicted octanol–water partition coefficient (Wildman–Crippen LogP) is 2.67. The van der Waals surface area contributed by atoms with Crippen LogP contribution in [0.15, 0.2) is 18.2 Å². The van der Waals surface area contributed by atoms with Gasteiger partial charge < -0.3 is 10.2 Å². The first-order valence-corrected chi connectivity index (χ1v) is 5.56.